The molecule has 2 atom stereocenters. The van der Waals surface area contributed by atoms with Gasteiger partial charge in [0.25, 0.3) is 0 Å². The second-order valence-corrected chi connectivity index (χ2v) is 7.82. The molecule has 140 valence electrons. The molecule has 7 heteroatoms. The standard InChI is InChI=1S/C18H31N5OS/c1-5-16-22-15(11-25-16)10-20-18(19-4)23-14-8-6-7-13(9-14)17(24)21-12(2)3/h11-14H,5-10H2,1-4H3,(H,21,24)(H2,19,20,23). The zero-order valence-electron chi connectivity index (χ0n) is 15.8. The van der Waals surface area contributed by atoms with E-state index in [9.17, 15) is 4.79 Å². The van der Waals surface area contributed by atoms with Crippen LogP contribution in [0, 0.1) is 5.92 Å². The molecule has 0 spiro atoms. The van der Waals surface area contributed by atoms with Crippen LogP contribution >= 0.6 is 11.3 Å². The van der Waals surface area contributed by atoms with Crippen LogP contribution in [-0.4, -0.2) is 36.0 Å². The molecule has 0 aliphatic heterocycles. The topological polar surface area (TPSA) is 78.4 Å². The maximum absolute atomic E-state index is 12.3. The van der Waals surface area contributed by atoms with E-state index in [0.29, 0.717) is 6.54 Å². The second-order valence-electron chi connectivity index (χ2n) is 6.88. The van der Waals surface area contributed by atoms with Crippen molar-refractivity contribution in [2.24, 2.45) is 10.9 Å². The normalized spacial score (nSPS) is 21.2. The highest BCUT2D eigenvalue weighted by Gasteiger charge is 2.27. The molecular weight excluding hydrogens is 334 g/mol. The molecule has 1 amide bonds. The number of thiazole rings is 1. The Labute approximate surface area is 154 Å². The smallest absolute Gasteiger partial charge is 0.223 e. The lowest BCUT2D eigenvalue weighted by Gasteiger charge is -2.30. The van der Waals surface area contributed by atoms with Crippen LogP contribution in [0.4, 0.5) is 0 Å². The first-order valence-electron chi connectivity index (χ1n) is 9.22. The van der Waals surface area contributed by atoms with Crippen molar-refractivity contribution < 1.29 is 4.79 Å². The van der Waals surface area contributed by atoms with Crippen LogP contribution in [0.1, 0.15) is 57.2 Å². The molecule has 1 aromatic rings. The van der Waals surface area contributed by atoms with E-state index in [2.05, 4.69) is 38.2 Å². The molecule has 1 fully saturated rings. The van der Waals surface area contributed by atoms with Gasteiger partial charge in [0.2, 0.25) is 5.91 Å². The highest BCUT2D eigenvalue weighted by molar-refractivity contribution is 7.09. The highest BCUT2D eigenvalue weighted by atomic mass is 32.1. The van der Waals surface area contributed by atoms with E-state index >= 15 is 0 Å². The van der Waals surface area contributed by atoms with E-state index < -0.39 is 0 Å². The van der Waals surface area contributed by atoms with E-state index in [1.54, 1.807) is 18.4 Å². The lowest BCUT2D eigenvalue weighted by molar-refractivity contribution is -0.126. The third kappa shape index (κ3) is 6.30. The number of carbonyl (C=O) groups is 1. The van der Waals surface area contributed by atoms with Gasteiger partial charge in [0, 0.05) is 30.4 Å². The Kier molecular flexibility index (Phi) is 7.68. The van der Waals surface area contributed by atoms with Crippen molar-refractivity contribution in [3.8, 4) is 0 Å². The fourth-order valence-electron chi connectivity index (χ4n) is 3.12. The van der Waals surface area contributed by atoms with E-state index in [0.717, 1.165) is 48.8 Å². The minimum absolute atomic E-state index is 0.0948. The number of guanidine groups is 1. The zero-order valence-corrected chi connectivity index (χ0v) is 16.6. The van der Waals surface area contributed by atoms with Gasteiger partial charge in [-0.3, -0.25) is 9.79 Å². The molecule has 0 saturated heterocycles. The number of amides is 1. The van der Waals surface area contributed by atoms with Gasteiger partial charge in [-0.25, -0.2) is 4.98 Å². The van der Waals surface area contributed by atoms with Gasteiger partial charge in [0.1, 0.15) is 0 Å². The van der Waals surface area contributed by atoms with Gasteiger partial charge < -0.3 is 16.0 Å². The number of aromatic nitrogens is 1. The second kappa shape index (κ2) is 9.75. The van der Waals surface area contributed by atoms with Crippen molar-refractivity contribution in [1.29, 1.82) is 0 Å². The molecule has 0 radical (unpaired) electrons. The van der Waals surface area contributed by atoms with Crippen molar-refractivity contribution in [1.82, 2.24) is 20.9 Å². The van der Waals surface area contributed by atoms with Crippen LogP contribution in [0.3, 0.4) is 0 Å². The number of nitrogens with zero attached hydrogens (tertiary/aromatic N) is 2. The van der Waals surface area contributed by atoms with E-state index in [4.69, 9.17) is 0 Å². The average molecular weight is 366 g/mol. The zero-order chi connectivity index (χ0) is 18.2. The number of aryl methyl sites for hydroxylation is 1. The Morgan fingerprint density at radius 1 is 1.44 bits per heavy atom. The maximum atomic E-state index is 12.3. The predicted molar refractivity (Wildman–Crippen MR) is 104 cm³/mol. The number of carbonyl (C=O) groups excluding carboxylic acids is 1. The van der Waals surface area contributed by atoms with Crippen LogP contribution in [0.2, 0.25) is 0 Å². The monoisotopic (exact) mass is 365 g/mol. The fraction of sp³-hybridized carbons (Fsp3) is 0.722. The van der Waals surface area contributed by atoms with Gasteiger partial charge in [0.05, 0.1) is 17.2 Å². The summed E-state index contributed by atoms with van der Waals surface area (Å²) in [6.07, 6.45) is 4.94. The van der Waals surface area contributed by atoms with Crippen LogP contribution in [0.25, 0.3) is 0 Å². The Balaban J connectivity index is 1.82. The van der Waals surface area contributed by atoms with Crippen molar-refractivity contribution in [2.75, 3.05) is 7.05 Å². The molecule has 2 unspecified atom stereocenters. The summed E-state index contributed by atoms with van der Waals surface area (Å²) in [6, 6.07) is 0.478. The van der Waals surface area contributed by atoms with Gasteiger partial charge in [-0.15, -0.1) is 11.3 Å². The highest BCUT2D eigenvalue weighted by Crippen LogP contribution is 2.24. The van der Waals surface area contributed by atoms with E-state index in [-0.39, 0.29) is 23.9 Å². The number of hydrogen-bond donors (Lipinski definition) is 3. The first kappa shape index (κ1) is 19.7. The summed E-state index contributed by atoms with van der Waals surface area (Å²) in [5.74, 6) is 1.05. The molecule has 1 aliphatic carbocycles. The molecule has 25 heavy (non-hydrogen) atoms. The van der Waals surface area contributed by atoms with Crippen molar-refractivity contribution >= 4 is 23.2 Å². The molecule has 6 nitrogen and oxygen atoms in total. The Morgan fingerprint density at radius 2 is 2.24 bits per heavy atom. The van der Waals surface area contributed by atoms with Crippen molar-refractivity contribution in [2.45, 2.75) is 71.5 Å². The van der Waals surface area contributed by atoms with Gasteiger partial charge in [-0.1, -0.05) is 13.3 Å². The third-order valence-electron chi connectivity index (χ3n) is 4.38. The van der Waals surface area contributed by atoms with Gasteiger partial charge in [-0.05, 0) is 39.5 Å². The lowest BCUT2D eigenvalue weighted by atomic mass is 9.85. The predicted octanol–water partition coefficient (Wildman–Crippen LogP) is 2.45. The first-order chi connectivity index (χ1) is 12.0. The number of nitrogens with one attached hydrogen (secondary N) is 3. The summed E-state index contributed by atoms with van der Waals surface area (Å²) in [4.78, 5) is 21.1. The third-order valence-corrected chi connectivity index (χ3v) is 5.42. The molecule has 1 aliphatic rings. The fourth-order valence-corrected chi connectivity index (χ4v) is 3.86. The molecule has 1 aromatic heterocycles. The summed E-state index contributed by atoms with van der Waals surface area (Å²) in [7, 11) is 1.78. The number of rotatable bonds is 6. The quantitative estimate of drug-likeness (QED) is 0.534. The van der Waals surface area contributed by atoms with Crippen molar-refractivity contribution in [3.05, 3.63) is 16.1 Å². The van der Waals surface area contributed by atoms with E-state index in [1.807, 2.05) is 13.8 Å². The molecule has 1 heterocycles. The summed E-state index contributed by atoms with van der Waals surface area (Å²) < 4.78 is 0. The molecule has 0 aromatic carbocycles. The Hall–Kier alpha value is -1.63. The largest absolute Gasteiger partial charge is 0.354 e. The van der Waals surface area contributed by atoms with Crippen LogP contribution in [-0.2, 0) is 17.8 Å². The van der Waals surface area contributed by atoms with Gasteiger partial charge in [-0.2, -0.15) is 0 Å². The maximum Gasteiger partial charge on any atom is 0.223 e. The average Bonchev–Trinajstić information content (AvgIpc) is 3.06. The van der Waals surface area contributed by atoms with Gasteiger partial charge in [0.15, 0.2) is 5.96 Å². The summed E-state index contributed by atoms with van der Waals surface area (Å²) >= 11 is 1.70. The summed E-state index contributed by atoms with van der Waals surface area (Å²) in [6.45, 7) is 6.79. The van der Waals surface area contributed by atoms with Crippen molar-refractivity contribution in [3.63, 3.8) is 0 Å². The summed E-state index contributed by atoms with van der Waals surface area (Å²) in [5.41, 5.74) is 1.04. The SMILES string of the molecule is CCc1nc(CNC(=NC)NC2CCCC(C(=O)NC(C)C)C2)cs1. The molecule has 0 bridgehead atoms. The van der Waals surface area contributed by atoms with E-state index in [1.165, 1.54) is 0 Å². The lowest BCUT2D eigenvalue weighted by Crippen LogP contribution is -2.47. The van der Waals surface area contributed by atoms with Crippen LogP contribution < -0.4 is 16.0 Å². The van der Waals surface area contributed by atoms with Crippen LogP contribution in [0.5, 0.6) is 0 Å². The molecular formula is C18H31N5OS. The number of hydrogen-bond acceptors (Lipinski definition) is 4. The summed E-state index contributed by atoms with van der Waals surface area (Å²) in [5, 5.41) is 13.1. The minimum Gasteiger partial charge on any atom is -0.354 e. The molecule has 1 saturated carbocycles. The Bertz CT molecular complexity index is 584. The minimum atomic E-state index is 0.0948. The molecule has 2 rings (SSSR count). The Morgan fingerprint density at radius 3 is 2.88 bits per heavy atom. The molecule has 3 N–H and O–H groups in total. The first-order valence-corrected chi connectivity index (χ1v) is 10.1. The van der Waals surface area contributed by atoms with Crippen LogP contribution in [0.15, 0.2) is 10.4 Å². The number of aliphatic imine (C=N–C) groups is 1. The van der Waals surface area contributed by atoms with Gasteiger partial charge >= 0.3 is 0 Å².